The fourth-order valence-corrected chi connectivity index (χ4v) is 2.29. The van der Waals surface area contributed by atoms with Crippen molar-refractivity contribution in [2.45, 2.75) is 27.2 Å². The summed E-state index contributed by atoms with van der Waals surface area (Å²) in [5, 5.41) is 1.12. The molecular formula is C17H21NO2. The lowest BCUT2D eigenvalue weighted by atomic mass is 9.91. The number of para-hydroxylation sites is 1. The molecule has 3 heteroatoms. The molecule has 0 amide bonds. The van der Waals surface area contributed by atoms with Gasteiger partial charge in [0.05, 0.1) is 18.0 Å². The monoisotopic (exact) mass is 271 g/mol. The van der Waals surface area contributed by atoms with E-state index in [0.29, 0.717) is 13.0 Å². The highest BCUT2D eigenvalue weighted by atomic mass is 16.5. The molecule has 2 rings (SSSR count). The van der Waals surface area contributed by atoms with Crippen molar-refractivity contribution in [3.63, 3.8) is 0 Å². The fourth-order valence-electron chi connectivity index (χ4n) is 2.29. The molecule has 1 aromatic carbocycles. The van der Waals surface area contributed by atoms with Crippen LogP contribution in [0.5, 0.6) is 0 Å². The lowest BCUT2D eigenvalue weighted by Gasteiger charge is -2.18. The molecule has 0 radical (unpaired) electrons. The molecule has 0 N–H and O–H groups in total. The minimum absolute atomic E-state index is 0.127. The third-order valence-corrected chi connectivity index (χ3v) is 3.48. The van der Waals surface area contributed by atoms with Crippen molar-refractivity contribution in [1.29, 1.82) is 0 Å². The van der Waals surface area contributed by atoms with Gasteiger partial charge >= 0.3 is 5.97 Å². The molecule has 2 aromatic rings. The molecule has 106 valence electrons. The molecular weight excluding hydrogens is 250 g/mol. The maximum absolute atomic E-state index is 12.0. The van der Waals surface area contributed by atoms with E-state index in [4.69, 9.17) is 4.74 Å². The highest BCUT2D eigenvalue weighted by Gasteiger charge is 2.24. The first-order chi connectivity index (χ1) is 9.61. The number of esters is 1. The van der Waals surface area contributed by atoms with Crippen LogP contribution < -0.4 is 0 Å². The number of ether oxygens (including phenoxy) is 1. The number of nitrogens with zero attached hydrogens (tertiary/aromatic N) is 1. The summed E-state index contributed by atoms with van der Waals surface area (Å²) in [6.07, 6.45) is 0.626. The zero-order chi connectivity index (χ0) is 14.5. The van der Waals surface area contributed by atoms with E-state index in [1.807, 2.05) is 51.1 Å². The molecule has 0 aliphatic rings. The number of fused-ring (bicyclic) bond motifs is 1. The number of carbonyl (C=O) groups is 1. The Bertz CT molecular complexity index is 592. The van der Waals surface area contributed by atoms with Gasteiger partial charge in [-0.25, -0.2) is 0 Å². The Morgan fingerprint density at radius 1 is 1.20 bits per heavy atom. The molecule has 3 nitrogen and oxygen atoms in total. The van der Waals surface area contributed by atoms with Gasteiger partial charge < -0.3 is 4.74 Å². The van der Waals surface area contributed by atoms with E-state index in [0.717, 1.165) is 16.6 Å². The van der Waals surface area contributed by atoms with Gasteiger partial charge in [0.2, 0.25) is 0 Å². The SMILES string of the molecule is CCOC(=O)C(Cc1ccc2ccccc2n1)C(C)C. The van der Waals surface area contributed by atoms with E-state index < -0.39 is 0 Å². The summed E-state index contributed by atoms with van der Waals surface area (Å²) in [4.78, 5) is 16.6. The summed E-state index contributed by atoms with van der Waals surface area (Å²) in [6, 6.07) is 12.1. The van der Waals surface area contributed by atoms with E-state index in [1.54, 1.807) is 0 Å². The first-order valence-corrected chi connectivity index (χ1v) is 7.13. The number of rotatable bonds is 5. The summed E-state index contributed by atoms with van der Waals surface area (Å²) < 4.78 is 5.16. The molecule has 0 bridgehead atoms. The highest BCUT2D eigenvalue weighted by molar-refractivity contribution is 5.78. The van der Waals surface area contributed by atoms with Crippen LogP contribution in [0, 0.1) is 11.8 Å². The van der Waals surface area contributed by atoms with Gasteiger partial charge in [0.1, 0.15) is 0 Å². The quantitative estimate of drug-likeness (QED) is 0.780. The number of hydrogen-bond donors (Lipinski definition) is 0. The van der Waals surface area contributed by atoms with Crippen LogP contribution in [0.4, 0.5) is 0 Å². The summed E-state index contributed by atoms with van der Waals surface area (Å²) >= 11 is 0. The zero-order valence-corrected chi connectivity index (χ0v) is 12.3. The van der Waals surface area contributed by atoms with Gasteiger partial charge in [-0.3, -0.25) is 9.78 Å². The average molecular weight is 271 g/mol. The molecule has 1 heterocycles. The van der Waals surface area contributed by atoms with Gasteiger partial charge in [-0.2, -0.15) is 0 Å². The minimum atomic E-state index is -0.136. The first kappa shape index (κ1) is 14.5. The maximum Gasteiger partial charge on any atom is 0.309 e. The Hall–Kier alpha value is -1.90. The normalized spacial score (nSPS) is 12.6. The lowest BCUT2D eigenvalue weighted by molar-refractivity contribution is -0.149. The van der Waals surface area contributed by atoms with E-state index in [1.165, 1.54) is 0 Å². The number of carbonyl (C=O) groups excluding carboxylic acids is 1. The molecule has 0 saturated carbocycles. The van der Waals surface area contributed by atoms with Gasteiger partial charge in [-0.15, -0.1) is 0 Å². The van der Waals surface area contributed by atoms with Gasteiger partial charge in [-0.05, 0) is 25.0 Å². The third kappa shape index (κ3) is 3.35. The van der Waals surface area contributed by atoms with Crippen LogP contribution in [0.2, 0.25) is 0 Å². The molecule has 20 heavy (non-hydrogen) atoms. The van der Waals surface area contributed by atoms with Crippen LogP contribution in [0.3, 0.4) is 0 Å². The number of benzene rings is 1. The third-order valence-electron chi connectivity index (χ3n) is 3.48. The van der Waals surface area contributed by atoms with Crippen LogP contribution in [-0.4, -0.2) is 17.6 Å². The van der Waals surface area contributed by atoms with E-state index in [-0.39, 0.29) is 17.8 Å². The van der Waals surface area contributed by atoms with Gasteiger partial charge in [-0.1, -0.05) is 38.1 Å². The predicted molar refractivity (Wildman–Crippen MR) is 80.4 cm³/mol. The van der Waals surface area contributed by atoms with Crippen molar-refractivity contribution in [2.24, 2.45) is 11.8 Å². The van der Waals surface area contributed by atoms with Crippen LogP contribution in [0.1, 0.15) is 26.5 Å². The van der Waals surface area contributed by atoms with Crippen molar-refractivity contribution >= 4 is 16.9 Å². The van der Waals surface area contributed by atoms with Crippen molar-refractivity contribution < 1.29 is 9.53 Å². The van der Waals surface area contributed by atoms with Crippen molar-refractivity contribution in [2.75, 3.05) is 6.61 Å². The van der Waals surface area contributed by atoms with Crippen LogP contribution in [0.15, 0.2) is 36.4 Å². The maximum atomic E-state index is 12.0. The molecule has 0 fully saturated rings. The van der Waals surface area contributed by atoms with Gasteiger partial charge in [0, 0.05) is 17.5 Å². The van der Waals surface area contributed by atoms with Crippen molar-refractivity contribution in [3.05, 3.63) is 42.1 Å². The topological polar surface area (TPSA) is 39.2 Å². The van der Waals surface area contributed by atoms with Crippen LogP contribution in [0.25, 0.3) is 10.9 Å². The molecule has 0 aliphatic heterocycles. The van der Waals surface area contributed by atoms with Crippen LogP contribution >= 0.6 is 0 Å². The van der Waals surface area contributed by atoms with Crippen LogP contribution in [-0.2, 0) is 16.0 Å². The predicted octanol–water partition coefficient (Wildman–Crippen LogP) is 3.61. The van der Waals surface area contributed by atoms with E-state index >= 15 is 0 Å². The largest absolute Gasteiger partial charge is 0.466 e. The molecule has 1 unspecified atom stereocenters. The second-order valence-electron chi connectivity index (χ2n) is 5.30. The standard InChI is InChI=1S/C17H21NO2/c1-4-20-17(19)15(12(2)3)11-14-10-9-13-7-5-6-8-16(13)18-14/h5-10,12,15H,4,11H2,1-3H3. The smallest absolute Gasteiger partial charge is 0.309 e. The second-order valence-corrected chi connectivity index (χ2v) is 5.30. The van der Waals surface area contributed by atoms with Crippen molar-refractivity contribution in [1.82, 2.24) is 4.98 Å². The number of hydrogen-bond acceptors (Lipinski definition) is 3. The Morgan fingerprint density at radius 3 is 2.65 bits per heavy atom. The van der Waals surface area contributed by atoms with E-state index in [2.05, 4.69) is 11.1 Å². The highest BCUT2D eigenvalue weighted by Crippen LogP contribution is 2.20. The molecule has 0 spiro atoms. The Morgan fingerprint density at radius 2 is 1.95 bits per heavy atom. The van der Waals surface area contributed by atoms with Crippen molar-refractivity contribution in [3.8, 4) is 0 Å². The molecule has 0 aliphatic carbocycles. The summed E-state index contributed by atoms with van der Waals surface area (Å²) in [7, 11) is 0. The molecule has 0 saturated heterocycles. The fraction of sp³-hybridized carbons (Fsp3) is 0.412. The number of aromatic nitrogens is 1. The number of pyridine rings is 1. The zero-order valence-electron chi connectivity index (χ0n) is 12.3. The lowest BCUT2D eigenvalue weighted by Crippen LogP contribution is -2.25. The Labute approximate surface area is 120 Å². The summed E-state index contributed by atoms with van der Waals surface area (Å²) in [5.74, 6) is -0.0246. The Balaban J connectivity index is 2.22. The minimum Gasteiger partial charge on any atom is -0.466 e. The second kappa shape index (κ2) is 6.51. The van der Waals surface area contributed by atoms with Gasteiger partial charge in [0.25, 0.3) is 0 Å². The average Bonchev–Trinajstić information content (AvgIpc) is 2.44. The molecule has 1 aromatic heterocycles. The van der Waals surface area contributed by atoms with E-state index in [9.17, 15) is 4.79 Å². The first-order valence-electron chi connectivity index (χ1n) is 7.13. The molecule has 1 atom stereocenters. The summed E-state index contributed by atoms with van der Waals surface area (Å²) in [5.41, 5.74) is 1.91. The Kier molecular flexibility index (Phi) is 4.72. The van der Waals surface area contributed by atoms with Gasteiger partial charge in [0.15, 0.2) is 0 Å². The summed E-state index contributed by atoms with van der Waals surface area (Å²) in [6.45, 7) is 6.35.